The predicted molar refractivity (Wildman–Crippen MR) is 81.8 cm³/mol. The van der Waals surface area contributed by atoms with Crippen LogP contribution in [0.5, 0.6) is 0 Å². The summed E-state index contributed by atoms with van der Waals surface area (Å²) in [5.74, 6) is -0.296. The first-order valence-corrected chi connectivity index (χ1v) is 7.89. The first kappa shape index (κ1) is 14.5. The van der Waals surface area contributed by atoms with Gasteiger partial charge in [0.05, 0.1) is 3.79 Å². The van der Waals surface area contributed by atoms with Gasteiger partial charge in [-0.3, -0.25) is 0 Å². The second-order valence-corrected chi connectivity index (χ2v) is 7.48. The van der Waals surface area contributed by atoms with Crippen molar-refractivity contribution in [2.75, 3.05) is 0 Å². The lowest BCUT2D eigenvalue weighted by Crippen LogP contribution is -2.12. The van der Waals surface area contributed by atoms with Crippen molar-refractivity contribution in [2.24, 2.45) is 5.73 Å². The van der Waals surface area contributed by atoms with E-state index in [0.29, 0.717) is 11.4 Å². The summed E-state index contributed by atoms with van der Waals surface area (Å²) < 4.78 is 15.1. The predicted octanol–water partition coefficient (Wildman–Crippen LogP) is 5.31. The van der Waals surface area contributed by atoms with E-state index in [1.54, 1.807) is 17.4 Å². The number of hydrogen-bond acceptors (Lipinski definition) is 2. The van der Waals surface area contributed by atoms with E-state index in [9.17, 15) is 4.39 Å². The molecule has 1 aromatic carbocycles. The maximum Gasteiger partial charge on any atom is 0.123 e. The van der Waals surface area contributed by atoms with Gasteiger partial charge in [0.2, 0.25) is 0 Å². The molecule has 0 amide bonds. The molecule has 0 spiro atoms. The van der Waals surface area contributed by atoms with Crippen molar-refractivity contribution in [3.8, 4) is 0 Å². The summed E-state index contributed by atoms with van der Waals surface area (Å²) in [6, 6.07) is 6.10. The lowest BCUT2D eigenvalue weighted by atomic mass is 10.1. The number of benzene rings is 1. The van der Waals surface area contributed by atoms with E-state index in [0.717, 1.165) is 18.7 Å². The van der Waals surface area contributed by atoms with Gasteiger partial charge in [-0.2, -0.15) is 0 Å². The number of nitrogens with two attached hydrogens (primary N) is 1. The molecule has 0 aliphatic rings. The van der Waals surface area contributed by atoms with Gasteiger partial charge in [0.25, 0.3) is 0 Å². The molecule has 1 nitrogen and oxygen atoms in total. The second-order valence-electron chi connectivity index (χ2n) is 3.82. The zero-order valence-corrected chi connectivity index (χ0v) is 13.8. The van der Waals surface area contributed by atoms with E-state index in [-0.39, 0.29) is 11.9 Å². The lowest BCUT2D eigenvalue weighted by Gasteiger charge is -2.11. The molecule has 0 aliphatic heterocycles. The Morgan fingerprint density at radius 1 is 1.33 bits per heavy atom. The fraction of sp³-hybridized carbons (Fsp3) is 0.167. The maximum atomic E-state index is 13.2. The van der Waals surface area contributed by atoms with Crippen molar-refractivity contribution < 1.29 is 4.39 Å². The SMILES string of the molecule is NC(Cc1cc(F)ccc1Cl)c1cc(Br)c(Br)s1. The minimum absolute atomic E-state index is 0.197. The standard InChI is InChI=1S/C12H9Br2ClFNS/c13-8-5-11(18-12(8)14)10(17)4-6-3-7(16)1-2-9(6)15/h1-3,5,10H,4,17H2. The minimum atomic E-state index is -0.296. The molecule has 1 unspecified atom stereocenters. The van der Waals surface area contributed by atoms with Crippen molar-refractivity contribution in [1.29, 1.82) is 0 Å². The average molecular weight is 414 g/mol. The summed E-state index contributed by atoms with van der Waals surface area (Å²) >= 11 is 14.4. The highest BCUT2D eigenvalue weighted by atomic mass is 79.9. The molecule has 1 aromatic heterocycles. The molecule has 0 saturated carbocycles. The van der Waals surface area contributed by atoms with E-state index in [4.69, 9.17) is 17.3 Å². The molecule has 0 fully saturated rings. The molecule has 1 heterocycles. The highest BCUT2D eigenvalue weighted by Gasteiger charge is 2.14. The van der Waals surface area contributed by atoms with Gasteiger partial charge in [0, 0.05) is 20.4 Å². The van der Waals surface area contributed by atoms with E-state index < -0.39 is 0 Å². The van der Waals surface area contributed by atoms with Crippen LogP contribution in [0.2, 0.25) is 5.02 Å². The van der Waals surface area contributed by atoms with Crippen molar-refractivity contribution in [2.45, 2.75) is 12.5 Å². The summed E-state index contributed by atoms with van der Waals surface area (Å²) in [7, 11) is 0. The summed E-state index contributed by atoms with van der Waals surface area (Å²) in [4.78, 5) is 1.02. The van der Waals surface area contributed by atoms with Crippen LogP contribution in [-0.2, 0) is 6.42 Å². The maximum absolute atomic E-state index is 13.2. The van der Waals surface area contributed by atoms with Gasteiger partial charge in [0.15, 0.2) is 0 Å². The summed E-state index contributed by atoms with van der Waals surface area (Å²) in [5.41, 5.74) is 6.84. The highest BCUT2D eigenvalue weighted by molar-refractivity contribution is 9.13. The van der Waals surface area contributed by atoms with E-state index in [1.807, 2.05) is 6.07 Å². The molecule has 2 aromatic rings. The molecular formula is C12H9Br2ClFNS. The molecule has 96 valence electrons. The van der Waals surface area contributed by atoms with Crippen LogP contribution < -0.4 is 5.73 Å². The van der Waals surface area contributed by atoms with Crippen LogP contribution >= 0.6 is 54.8 Å². The molecule has 6 heteroatoms. The first-order valence-electron chi connectivity index (χ1n) is 5.11. The third kappa shape index (κ3) is 3.33. The van der Waals surface area contributed by atoms with Crippen molar-refractivity contribution in [3.05, 3.63) is 53.8 Å². The average Bonchev–Trinajstić information content (AvgIpc) is 2.64. The van der Waals surface area contributed by atoms with E-state index >= 15 is 0 Å². The molecule has 2 rings (SSSR count). The van der Waals surface area contributed by atoms with Crippen LogP contribution in [0.15, 0.2) is 32.5 Å². The van der Waals surface area contributed by atoms with Gasteiger partial charge in [0.1, 0.15) is 5.82 Å². The quantitative estimate of drug-likeness (QED) is 0.725. The Hall–Kier alpha value is 0.0600. The van der Waals surface area contributed by atoms with Gasteiger partial charge in [-0.05, 0) is 68.1 Å². The van der Waals surface area contributed by atoms with Crippen LogP contribution in [0.25, 0.3) is 0 Å². The van der Waals surface area contributed by atoms with Gasteiger partial charge < -0.3 is 5.73 Å². The van der Waals surface area contributed by atoms with Crippen LogP contribution in [-0.4, -0.2) is 0 Å². The Bertz CT molecular complexity index is 554. The number of rotatable bonds is 3. The monoisotopic (exact) mass is 411 g/mol. The minimum Gasteiger partial charge on any atom is -0.323 e. The Morgan fingerprint density at radius 2 is 2.06 bits per heavy atom. The number of hydrogen-bond donors (Lipinski definition) is 1. The topological polar surface area (TPSA) is 26.0 Å². The van der Waals surface area contributed by atoms with E-state index in [1.165, 1.54) is 12.1 Å². The van der Waals surface area contributed by atoms with Crippen LogP contribution in [0.1, 0.15) is 16.5 Å². The number of halogens is 4. The Morgan fingerprint density at radius 3 is 2.67 bits per heavy atom. The van der Waals surface area contributed by atoms with Crippen LogP contribution in [0.3, 0.4) is 0 Å². The molecule has 18 heavy (non-hydrogen) atoms. The highest BCUT2D eigenvalue weighted by Crippen LogP contribution is 2.36. The smallest absolute Gasteiger partial charge is 0.123 e. The molecule has 0 radical (unpaired) electrons. The normalized spacial score (nSPS) is 12.7. The van der Waals surface area contributed by atoms with Crippen molar-refractivity contribution >= 4 is 54.8 Å². The Labute approximate surface area is 130 Å². The Kier molecular flexibility index (Phi) is 4.83. The molecule has 2 N–H and O–H groups in total. The zero-order chi connectivity index (χ0) is 13.3. The number of thiophene rings is 1. The zero-order valence-electron chi connectivity index (χ0n) is 9.09. The molecular weight excluding hydrogens is 404 g/mol. The molecule has 0 saturated heterocycles. The largest absolute Gasteiger partial charge is 0.323 e. The first-order chi connectivity index (χ1) is 8.47. The fourth-order valence-corrected chi connectivity index (χ4v) is 3.87. The molecule has 1 atom stereocenters. The van der Waals surface area contributed by atoms with Gasteiger partial charge in [-0.15, -0.1) is 11.3 Å². The van der Waals surface area contributed by atoms with Crippen LogP contribution in [0.4, 0.5) is 4.39 Å². The van der Waals surface area contributed by atoms with Gasteiger partial charge in [-0.1, -0.05) is 11.6 Å². The summed E-state index contributed by atoms with van der Waals surface area (Å²) in [5, 5.41) is 0.543. The van der Waals surface area contributed by atoms with E-state index in [2.05, 4.69) is 31.9 Å². The third-order valence-electron chi connectivity index (χ3n) is 2.48. The fourth-order valence-electron chi connectivity index (χ4n) is 1.58. The molecule has 0 aliphatic carbocycles. The summed E-state index contributed by atoms with van der Waals surface area (Å²) in [6.07, 6.45) is 0.510. The molecule has 0 bridgehead atoms. The van der Waals surface area contributed by atoms with Crippen LogP contribution in [0, 0.1) is 5.82 Å². The lowest BCUT2D eigenvalue weighted by molar-refractivity contribution is 0.622. The van der Waals surface area contributed by atoms with Gasteiger partial charge in [-0.25, -0.2) is 4.39 Å². The summed E-state index contributed by atoms with van der Waals surface area (Å²) in [6.45, 7) is 0. The van der Waals surface area contributed by atoms with Crippen molar-refractivity contribution in [3.63, 3.8) is 0 Å². The van der Waals surface area contributed by atoms with Gasteiger partial charge >= 0.3 is 0 Å². The van der Waals surface area contributed by atoms with Crippen molar-refractivity contribution in [1.82, 2.24) is 0 Å². The third-order valence-corrected chi connectivity index (χ3v) is 6.23. The Balaban J connectivity index is 2.20. The second kappa shape index (κ2) is 6.01.